The van der Waals surface area contributed by atoms with Gasteiger partial charge in [-0.1, -0.05) is 6.08 Å². The van der Waals surface area contributed by atoms with Crippen LogP contribution in [-0.2, 0) is 9.53 Å². The highest BCUT2D eigenvalue weighted by Gasteiger charge is 2.26. The molecule has 104 valence electrons. The van der Waals surface area contributed by atoms with Crippen molar-refractivity contribution >= 4 is 5.97 Å². The lowest BCUT2D eigenvalue weighted by Gasteiger charge is -2.40. The van der Waals surface area contributed by atoms with E-state index in [1.165, 1.54) is 0 Å². The van der Waals surface area contributed by atoms with E-state index in [9.17, 15) is 4.79 Å². The van der Waals surface area contributed by atoms with Gasteiger partial charge in [0.05, 0.1) is 6.61 Å². The second-order valence-electron chi connectivity index (χ2n) is 6.07. The smallest absolute Gasteiger partial charge is 0.333 e. The minimum absolute atomic E-state index is 0.171. The summed E-state index contributed by atoms with van der Waals surface area (Å²) in [5, 5.41) is 0. The van der Waals surface area contributed by atoms with Gasteiger partial charge in [0.2, 0.25) is 0 Å². The normalized spacial score (nSPS) is 19.9. The maximum Gasteiger partial charge on any atom is 0.333 e. The zero-order valence-corrected chi connectivity index (χ0v) is 12.5. The van der Waals surface area contributed by atoms with Crippen LogP contribution in [0.2, 0.25) is 0 Å². The Labute approximate surface area is 111 Å². The molecule has 0 spiro atoms. The van der Waals surface area contributed by atoms with Gasteiger partial charge in [-0.25, -0.2) is 4.79 Å². The average molecular weight is 253 g/mol. The van der Waals surface area contributed by atoms with E-state index in [-0.39, 0.29) is 11.5 Å². The van der Waals surface area contributed by atoms with Gasteiger partial charge >= 0.3 is 5.97 Å². The molecule has 0 saturated carbocycles. The van der Waals surface area contributed by atoms with E-state index in [0.29, 0.717) is 12.5 Å². The van der Waals surface area contributed by atoms with Crippen LogP contribution in [0, 0.1) is 5.92 Å². The van der Waals surface area contributed by atoms with Crippen LogP contribution >= 0.6 is 0 Å². The number of rotatable bonds is 3. The summed E-state index contributed by atoms with van der Waals surface area (Å²) in [6.45, 7) is 13.1. The Hall–Kier alpha value is -0.830. The molecule has 0 aromatic heterocycles. The summed E-state index contributed by atoms with van der Waals surface area (Å²) >= 11 is 0. The highest BCUT2D eigenvalue weighted by molar-refractivity contribution is 5.87. The number of hydrogen-bond donors (Lipinski definition) is 0. The van der Waals surface area contributed by atoms with Crippen molar-refractivity contribution in [2.45, 2.75) is 53.0 Å². The van der Waals surface area contributed by atoms with Gasteiger partial charge in [0.1, 0.15) is 0 Å². The summed E-state index contributed by atoms with van der Waals surface area (Å²) in [6, 6.07) is 0. The van der Waals surface area contributed by atoms with E-state index in [2.05, 4.69) is 31.7 Å². The van der Waals surface area contributed by atoms with Crippen LogP contribution in [0.1, 0.15) is 47.5 Å². The Kier molecular flexibility index (Phi) is 5.39. The van der Waals surface area contributed by atoms with Crippen LogP contribution in [0.4, 0.5) is 0 Å². The van der Waals surface area contributed by atoms with E-state index in [4.69, 9.17) is 4.74 Å². The highest BCUT2D eigenvalue weighted by Crippen LogP contribution is 2.25. The number of carbonyl (C=O) groups is 1. The van der Waals surface area contributed by atoms with E-state index >= 15 is 0 Å². The van der Waals surface area contributed by atoms with E-state index in [1.54, 1.807) is 0 Å². The maximum absolute atomic E-state index is 11.5. The fraction of sp³-hybridized carbons (Fsp3) is 0.800. The number of carbonyl (C=O) groups excluding carboxylic acids is 1. The first-order chi connectivity index (χ1) is 8.34. The Bertz CT molecular complexity index is 307. The van der Waals surface area contributed by atoms with Gasteiger partial charge in [-0.05, 0) is 66.5 Å². The lowest BCUT2D eigenvalue weighted by molar-refractivity contribution is -0.138. The standard InChI is InChI=1S/C15H27NO2/c1-6-18-14(17)12(2)11-13-7-9-16(10-8-13)15(3,4)5/h11,13H,6-10H2,1-5H3/b12-11-. The van der Waals surface area contributed by atoms with Gasteiger partial charge in [0.15, 0.2) is 0 Å². The largest absolute Gasteiger partial charge is 0.463 e. The molecule has 1 heterocycles. The minimum atomic E-state index is -0.171. The highest BCUT2D eigenvalue weighted by atomic mass is 16.5. The van der Waals surface area contributed by atoms with E-state index in [0.717, 1.165) is 31.5 Å². The molecule has 0 amide bonds. The number of hydrogen-bond acceptors (Lipinski definition) is 3. The van der Waals surface area contributed by atoms with Crippen LogP contribution in [0.15, 0.2) is 11.6 Å². The molecule has 0 atom stereocenters. The van der Waals surface area contributed by atoms with Gasteiger partial charge in [-0.3, -0.25) is 4.90 Å². The van der Waals surface area contributed by atoms with Crippen LogP contribution in [-0.4, -0.2) is 36.1 Å². The maximum atomic E-state index is 11.5. The molecule has 1 saturated heterocycles. The average Bonchev–Trinajstić information content (AvgIpc) is 2.28. The molecule has 0 unspecified atom stereocenters. The lowest BCUT2D eigenvalue weighted by Crippen LogP contribution is -2.45. The number of allylic oxidation sites excluding steroid dienone is 1. The second-order valence-corrected chi connectivity index (χ2v) is 6.07. The summed E-state index contributed by atoms with van der Waals surface area (Å²) in [5.41, 5.74) is 1.01. The SMILES string of the molecule is CCOC(=O)/C(C)=C\C1CCN(C(C)(C)C)CC1. The number of nitrogens with zero attached hydrogens (tertiary/aromatic N) is 1. The minimum Gasteiger partial charge on any atom is -0.463 e. The first-order valence-electron chi connectivity index (χ1n) is 6.95. The predicted octanol–water partition coefficient (Wildman–Crippen LogP) is 3.01. The third-order valence-corrected chi connectivity index (χ3v) is 3.57. The van der Waals surface area contributed by atoms with Gasteiger partial charge in [0.25, 0.3) is 0 Å². The Balaban J connectivity index is 2.48. The predicted molar refractivity (Wildman–Crippen MR) is 74.4 cm³/mol. The molecule has 3 nitrogen and oxygen atoms in total. The topological polar surface area (TPSA) is 29.5 Å². The number of ether oxygens (including phenoxy) is 1. The van der Waals surface area contributed by atoms with Crippen molar-refractivity contribution in [3.05, 3.63) is 11.6 Å². The molecule has 0 radical (unpaired) electrons. The Morgan fingerprint density at radius 1 is 1.33 bits per heavy atom. The molecule has 0 N–H and O–H groups in total. The zero-order chi connectivity index (χ0) is 13.8. The molecule has 0 aromatic rings. The molecular weight excluding hydrogens is 226 g/mol. The molecule has 1 aliphatic heterocycles. The van der Waals surface area contributed by atoms with Gasteiger partial charge in [0, 0.05) is 11.1 Å². The molecule has 3 heteroatoms. The quantitative estimate of drug-likeness (QED) is 0.572. The molecule has 1 rings (SSSR count). The summed E-state index contributed by atoms with van der Waals surface area (Å²) in [4.78, 5) is 14.1. The van der Waals surface area contributed by atoms with Crippen molar-refractivity contribution in [3.8, 4) is 0 Å². The van der Waals surface area contributed by atoms with E-state index < -0.39 is 0 Å². The van der Waals surface area contributed by atoms with Crippen molar-refractivity contribution in [2.24, 2.45) is 5.92 Å². The number of esters is 1. The van der Waals surface area contributed by atoms with Crippen molar-refractivity contribution < 1.29 is 9.53 Å². The molecule has 0 aliphatic carbocycles. The van der Waals surface area contributed by atoms with Gasteiger partial charge < -0.3 is 4.74 Å². The third-order valence-electron chi connectivity index (χ3n) is 3.57. The van der Waals surface area contributed by atoms with Crippen LogP contribution in [0.25, 0.3) is 0 Å². The molecule has 0 bridgehead atoms. The number of likely N-dealkylation sites (tertiary alicyclic amines) is 1. The molecule has 18 heavy (non-hydrogen) atoms. The second kappa shape index (κ2) is 6.37. The molecule has 1 aliphatic rings. The van der Waals surface area contributed by atoms with Gasteiger partial charge in [-0.15, -0.1) is 0 Å². The van der Waals surface area contributed by atoms with Crippen LogP contribution < -0.4 is 0 Å². The van der Waals surface area contributed by atoms with Gasteiger partial charge in [-0.2, -0.15) is 0 Å². The monoisotopic (exact) mass is 253 g/mol. The molecule has 0 aromatic carbocycles. The summed E-state index contributed by atoms with van der Waals surface area (Å²) in [6.07, 6.45) is 4.36. The van der Waals surface area contributed by atoms with Crippen LogP contribution in [0.3, 0.4) is 0 Å². The van der Waals surface area contributed by atoms with Crippen molar-refractivity contribution in [1.82, 2.24) is 4.90 Å². The van der Waals surface area contributed by atoms with Crippen molar-refractivity contribution in [1.29, 1.82) is 0 Å². The zero-order valence-electron chi connectivity index (χ0n) is 12.5. The summed E-state index contributed by atoms with van der Waals surface area (Å²) in [5.74, 6) is 0.351. The Morgan fingerprint density at radius 2 is 1.89 bits per heavy atom. The first-order valence-corrected chi connectivity index (χ1v) is 6.95. The van der Waals surface area contributed by atoms with Crippen LogP contribution in [0.5, 0.6) is 0 Å². The lowest BCUT2D eigenvalue weighted by atomic mass is 9.91. The van der Waals surface area contributed by atoms with Crippen molar-refractivity contribution in [3.63, 3.8) is 0 Å². The first kappa shape index (κ1) is 15.2. The fourth-order valence-corrected chi connectivity index (χ4v) is 2.40. The summed E-state index contributed by atoms with van der Waals surface area (Å²) < 4.78 is 5.00. The number of piperidine rings is 1. The third kappa shape index (κ3) is 4.45. The molecular formula is C15H27NO2. The Morgan fingerprint density at radius 3 is 2.33 bits per heavy atom. The summed E-state index contributed by atoms with van der Waals surface area (Å²) in [7, 11) is 0. The molecule has 1 fully saturated rings. The van der Waals surface area contributed by atoms with E-state index in [1.807, 2.05) is 13.8 Å². The fourth-order valence-electron chi connectivity index (χ4n) is 2.40. The van der Waals surface area contributed by atoms with Crippen molar-refractivity contribution in [2.75, 3.05) is 19.7 Å².